The number of carbonyl (C=O) groups excluding carboxylic acids is 2. The lowest BCUT2D eigenvalue weighted by Crippen LogP contribution is -2.45. The second-order valence-electron chi connectivity index (χ2n) is 8.48. The van der Waals surface area contributed by atoms with Crippen LogP contribution in [0.2, 0.25) is 0 Å². The second-order valence-corrected chi connectivity index (χ2v) is 8.48. The molecule has 0 radical (unpaired) electrons. The first-order valence-electron chi connectivity index (χ1n) is 11.1. The van der Waals surface area contributed by atoms with E-state index in [2.05, 4.69) is 24.1 Å². The van der Waals surface area contributed by atoms with Crippen molar-refractivity contribution in [1.29, 1.82) is 0 Å². The number of amides is 2. The number of fused-ring (bicyclic) bond motifs is 1. The summed E-state index contributed by atoms with van der Waals surface area (Å²) in [4.78, 5) is 32.4. The maximum atomic E-state index is 13.3. The molecule has 0 spiro atoms. The highest BCUT2D eigenvalue weighted by Gasteiger charge is 2.32. The SMILES string of the molecule is COc1cc(OC)cc(C(=O)N2CCC(C(=O)N3CCN(C)c4ccccc4C3)CC2)c1. The van der Waals surface area contributed by atoms with Crippen molar-refractivity contribution in [3.8, 4) is 11.5 Å². The van der Waals surface area contributed by atoms with E-state index in [0.717, 1.165) is 6.54 Å². The fraction of sp³-hybridized carbons (Fsp3) is 0.440. The second kappa shape index (κ2) is 9.51. The van der Waals surface area contributed by atoms with Gasteiger partial charge in [-0.3, -0.25) is 9.59 Å². The molecule has 2 aromatic rings. The molecule has 32 heavy (non-hydrogen) atoms. The Morgan fingerprint density at radius 1 is 0.875 bits per heavy atom. The molecule has 0 N–H and O–H groups in total. The fourth-order valence-electron chi connectivity index (χ4n) is 4.58. The predicted octanol–water partition coefficient (Wildman–Crippen LogP) is 3.03. The zero-order valence-corrected chi connectivity index (χ0v) is 19.0. The van der Waals surface area contributed by atoms with Crippen LogP contribution < -0.4 is 14.4 Å². The standard InChI is InChI=1S/C25H31N3O4/c1-26-12-13-28(17-19-6-4-5-7-23(19)26)24(29)18-8-10-27(11-9-18)25(30)20-14-21(31-2)16-22(15-20)32-3/h4-7,14-16,18H,8-13,17H2,1-3H3. The number of hydrogen-bond donors (Lipinski definition) is 0. The summed E-state index contributed by atoms with van der Waals surface area (Å²) in [6.07, 6.45) is 1.36. The summed E-state index contributed by atoms with van der Waals surface area (Å²) in [5.74, 6) is 1.27. The summed E-state index contributed by atoms with van der Waals surface area (Å²) >= 11 is 0. The van der Waals surface area contributed by atoms with Crippen LogP contribution in [0.3, 0.4) is 0 Å². The predicted molar refractivity (Wildman–Crippen MR) is 123 cm³/mol. The van der Waals surface area contributed by atoms with Crippen LogP contribution in [0.1, 0.15) is 28.8 Å². The summed E-state index contributed by atoms with van der Waals surface area (Å²) in [7, 11) is 5.21. The van der Waals surface area contributed by atoms with Crippen LogP contribution in [-0.4, -0.2) is 69.1 Å². The molecule has 4 rings (SSSR count). The van der Waals surface area contributed by atoms with Crippen molar-refractivity contribution in [3.63, 3.8) is 0 Å². The number of nitrogens with zero attached hydrogens (tertiary/aromatic N) is 3. The van der Waals surface area contributed by atoms with Crippen molar-refractivity contribution in [3.05, 3.63) is 53.6 Å². The quantitative estimate of drug-likeness (QED) is 0.736. The van der Waals surface area contributed by atoms with Gasteiger partial charge in [0, 0.05) is 63.0 Å². The van der Waals surface area contributed by atoms with E-state index in [-0.39, 0.29) is 17.7 Å². The van der Waals surface area contributed by atoms with Gasteiger partial charge in [0.1, 0.15) is 11.5 Å². The Morgan fingerprint density at radius 2 is 1.53 bits per heavy atom. The molecule has 2 amide bonds. The van der Waals surface area contributed by atoms with E-state index in [1.54, 1.807) is 32.4 Å². The number of piperidine rings is 1. The summed E-state index contributed by atoms with van der Waals surface area (Å²) in [5.41, 5.74) is 2.91. The van der Waals surface area contributed by atoms with Gasteiger partial charge in [-0.15, -0.1) is 0 Å². The number of carbonyl (C=O) groups is 2. The average molecular weight is 438 g/mol. The smallest absolute Gasteiger partial charge is 0.254 e. The maximum absolute atomic E-state index is 13.3. The van der Waals surface area contributed by atoms with Gasteiger partial charge in [0.15, 0.2) is 0 Å². The number of para-hydroxylation sites is 1. The number of likely N-dealkylation sites (tertiary alicyclic amines) is 1. The molecule has 170 valence electrons. The highest BCUT2D eigenvalue weighted by Crippen LogP contribution is 2.28. The Balaban J connectivity index is 1.39. The Labute approximate surface area is 189 Å². The first-order valence-corrected chi connectivity index (χ1v) is 11.1. The van der Waals surface area contributed by atoms with Gasteiger partial charge < -0.3 is 24.2 Å². The summed E-state index contributed by atoms with van der Waals surface area (Å²) in [6, 6.07) is 13.5. The van der Waals surface area contributed by atoms with E-state index in [4.69, 9.17) is 9.47 Å². The summed E-state index contributed by atoms with van der Waals surface area (Å²) in [6.45, 7) is 3.31. The summed E-state index contributed by atoms with van der Waals surface area (Å²) < 4.78 is 10.6. The van der Waals surface area contributed by atoms with E-state index in [0.29, 0.717) is 56.1 Å². The molecule has 0 aromatic heterocycles. The molecule has 2 heterocycles. The van der Waals surface area contributed by atoms with Crippen molar-refractivity contribution in [2.24, 2.45) is 5.92 Å². The Kier molecular flexibility index (Phi) is 6.53. The van der Waals surface area contributed by atoms with Crippen LogP contribution in [0.25, 0.3) is 0 Å². The monoisotopic (exact) mass is 437 g/mol. The van der Waals surface area contributed by atoms with Crippen LogP contribution in [0.15, 0.2) is 42.5 Å². The molecular formula is C25H31N3O4. The molecule has 7 heteroatoms. The van der Waals surface area contributed by atoms with Gasteiger partial charge >= 0.3 is 0 Å². The average Bonchev–Trinajstić information content (AvgIpc) is 3.01. The van der Waals surface area contributed by atoms with E-state index >= 15 is 0 Å². The lowest BCUT2D eigenvalue weighted by Gasteiger charge is -2.34. The van der Waals surface area contributed by atoms with Crippen molar-refractivity contribution >= 4 is 17.5 Å². The number of likely N-dealkylation sites (N-methyl/N-ethyl adjacent to an activating group) is 1. The van der Waals surface area contributed by atoms with E-state index in [9.17, 15) is 9.59 Å². The van der Waals surface area contributed by atoms with Gasteiger partial charge in [-0.05, 0) is 36.6 Å². The highest BCUT2D eigenvalue weighted by atomic mass is 16.5. The minimum atomic E-state index is -0.0570. The van der Waals surface area contributed by atoms with Crippen molar-refractivity contribution in [2.45, 2.75) is 19.4 Å². The number of benzene rings is 2. The van der Waals surface area contributed by atoms with E-state index < -0.39 is 0 Å². The molecule has 0 atom stereocenters. The largest absolute Gasteiger partial charge is 0.497 e. The van der Waals surface area contributed by atoms with Crippen LogP contribution >= 0.6 is 0 Å². The van der Waals surface area contributed by atoms with Gasteiger partial charge in [0.2, 0.25) is 5.91 Å². The number of ether oxygens (including phenoxy) is 2. The Hall–Kier alpha value is -3.22. The van der Waals surface area contributed by atoms with Gasteiger partial charge in [-0.25, -0.2) is 0 Å². The van der Waals surface area contributed by atoms with Crippen molar-refractivity contribution in [2.75, 3.05) is 52.3 Å². The molecule has 0 bridgehead atoms. The first-order chi connectivity index (χ1) is 15.5. The Morgan fingerprint density at radius 3 is 2.19 bits per heavy atom. The number of anilines is 1. The molecule has 2 aliphatic rings. The third kappa shape index (κ3) is 4.52. The van der Waals surface area contributed by atoms with Crippen LogP contribution in [0.5, 0.6) is 11.5 Å². The molecule has 7 nitrogen and oxygen atoms in total. The van der Waals surface area contributed by atoms with Crippen LogP contribution in [0.4, 0.5) is 5.69 Å². The third-order valence-electron chi connectivity index (χ3n) is 6.51. The lowest BCUT2D eigenvalue weighted by atomic mass is 9.94. The minimum Gasteiger partial charge on any atom is -0.497 e. The number of methoxy groups -OCH3 is 2. The Bertz CT molecular complexity index is 963. The molecule has 0 saturated carbocycles. The van der Waals surface area contributed by atoms with Crippen molar-refractivity contribution in [1.82, 2.24) is 9.80 Å². The number of hydrogen-bond acceptors (Lipinski definition) is 5. The molecule has 0 unspecified atom stereocenters. The van der Waals surface area contributed by atoms with Gasteiger partial charge in [-0.1, -0.05) is 18.2 Å². The summed E-state index contributed by atoms with van der Waals surface area (Å²) in [5, 5.41) is 0. The highest BCUT2D eigenvalue weighted by molar-refractivity contribution is 5.95. The zero-order chi connectivity index (χ0) is 22.7. The third-order valence-corrected chi connectivity index (χ3v) is 6.51. The fourth-order valence-corrected chi connectivity index (χ4v) is 4.58. The van der Waals surface area contributed by atoms with E-state index in [1.165, 1.54) is 11.3 Å². The van der Waals surface area contributed by atoms with E-state index in [1.807, 2.05) is 21.9 Å². The normalized spacial score (nSPS) is 16.9. The van der Waals surface area contributed by atoms with Crippen LogP contribution in [0, 0.1) is 5.92 Å². The van der Waals surface area contributed by atoms with Crippen molar-refractivity contribution < 1.29 is 19.1 Å². The molecule has 2 aliphatic heterocycles. The topological polar surface area (TPSA) is 62.3 Å². The molecule has 2 aromatic carbocycles. The minimum absolute atomic E-state index is 0.0468. The van der Waals surface area contributed by atoms with Gasteiger partial charge in [0.25, 0.3) is 5.91 Å². The first kappa shape index (κ1) is 22.0. The molecule has 1 fully saturated rings. The number of rotatable bonds is 4. The molecule has 0 aliphatic carbocycles. The van der Waals surface area contributed by atoms with Crippen LogP contribution in [-0.2, 0) is 11.3 Å². The van der Waals surface area contributed by atoms with Gasteiger partial charge in [0.05, 0.1) is 14.2 Å². The molecular weight excluding hydrogens is 406 g/mol. The maximum Gasteiger partial charge on any atom is 0.254 e. The lowest BCUT2D eigenvalue weighted by molar-refractivity contribution is -0.137. The van der Waals surface area contributed by atoms with Gasteiger partial charge in [-0.2, -0.15) is 0 Å². The zero-order valence-electron chi connectivity index (χ0n) is 19.0. The molecule has 1 saturated heterocycles.